The van der Waals surface area contributed by atoms with Crippen molar-refractivity contribution in [2.45, 2.75) is 0 Å². The van der Waals surface area contributed by atoms with Crippen LogP contribution in [0.4, 0.5) is 0 Å². The third-order valence-corrected chi connectivity index (χ3v) is 0.850. The lowest BCUT2D eigenvalue weighted by Gasteiger charge is -1.99. The molecule has 0 aliphatic rings. The number of amidine groups is 1. The number of nitrogens with one attached hydrogen (secondary N) is 2. The fraction of sp³-hybridized carbons (Fsp3) is 0.250. The van der Waals surface area contributed by atoms with Gasteiger partial charge in [-0.15, -0.1) is 0 Å². The molecule has 0 atom stereocenters. The molecule has 0 heterocycles. The minimum atomic E-state index is -0.546. The number of nitrogens with two attached hydrogens (primary N) is 2. The average molecular weight is 127 g/mol. The topological polar surface area (TPSA) is 112 Å². The molecule has 9 heavy (non-hydrogen) atoms. The molecule has 0 unspecified atom stereocenters. The summed E-state index contributed by atoms with van der Waals surface area (Å²) in [6, 6.07) is 0. The van der Waals surface area contributed by atoms with Crippen molar-refractivity contribution in [3.05, 3.63) is 0 Å². The number of hydrogen-bond donors (Lipinski definition) is 4. The molecule has 50 valence electrons. The summed E-state index contributed by atoms with van der Waals surface area (Å²) in [5, 5.41) is 16.5. The summed E-state index contributed by atoms with van der Waals surface area (Å²) < 4.78 is 0. The van der Waals surface area contributed by atoms with Crippen LogP contribution in [-0.2, 0) is 0 Å². The molecule has 5 heteroatoms. The van der Waals surface area contributed by atoms with Gasteiger partial charge in [-0.1, -0.05) is 0 Å². The number of hydrogen-bond acceptors (Lipinski definition) is 4. The molecule has 0 fully saturated rings. The quantitative estimate of drug-likeness (QED) is 0.171. The number of nitrogens with zero attached hydrogens (tertiary/aromatic N) is 1. The lowest BCUT2D eigenvalue weighted by molar-refractivity contribution is 1.15. The van der Waals surface area contributed by atoms with E-state index in [1.807, 2.05) is 0 Å². The first-order valence-electron chi connectivity index (χ1n) is 2.30. The smallest absolute Gasteiger partial charge is 0.133 e. The van der Waals surface area contributed by atoms with Crippen molar-refractivity contribution in [2.24, 2.45) is 22.6 Å². The van der Waals surface area contributed by atoms with Gasteiger partial charge in [-0.3, -0.25) is 0 Å². The second-order valence-electron chi connectivity index (χ2n) is 1.41. The lowest BCUT2D eigenvalue weighted by Crippen LogP contribution is -2.26. The maximum absolute atomic E-state index is 6.70. The first-order chi connectivity index (χ1) is 4.26. The van der Waals surface area contributed by atoms with E-state index < -0.39 is 5.92 Å². The summed E-state index contributed by atoms with van der Waals surface area (Å²) in [6.45, 7) is 0. The predicted molar refractivity (Wildman–Crippen MR) is 36.9 cm³/mol. The Hall–Kier alpha value is -1.39. The number of hydrazone groups is 1. The predicted octanol–water partition coefficient (Wildman–Crippen LogP) is -0.867. The van der Waals surface area contributed by atoms with Gasteiger partial charge < -0.3 is 22.4 Å². The van der Waals surface area contributed by atoms with Crippen LogP contribution in [0.5, 0.6) is 0 Å². The van der Waals surface area contributed by atoms with Crippen LogP contribution in [0.1, 0.15) is 0 Å². The molecule has 0 aromatic heterocycles. The van der Waals surface area contributed by atoms with Crippen molar-refractivity contribution in [1.82, 2.24) is 0 Å². The van der Waals surface area contributed by atoms with Gasteiger partial charge in [-0.25, -0.2) is 0 Å². The van der Waals surface area contributed by atoms with Crippen molar-refractivity contribution < 1.29 is 0 Å². The molecule has 0 aliphatic carbocycles. The van der Waals surface area contributed by atoms with Crippen LogP contribution in [0.3, 0.4) is 0 Å². The van der Waals surface area contributed by atoms with Gasteiger partial charge in [0.25, 0.3) is 0 Å². The second-order valence-corrected chi connectivity index (χ2v) is 1.41. The molecule has 0 bridgehead atoms. The van der Waals surface area contributed by atoms with Gasteiger partial charge >= 0.3 is 0 Å². The summed E-state index contributed by atoms with van der Waals surface area (Å²) in [4.78, 5) is 0. The van der Waals surface area contributed by atoms with Crippen LogP contribution >= 0.6 is 0 Å². The Labute approximate surface area is 52.8 Å². The average Bonchev–Trinajstić information content (AvgIpc) is 1.90. The molecule has 5 nitrogen and oxygen atoms in total. The highest BCUT2D eigenvalue weighted by Gasteiger charge is 2.03. The Bertz CT molecular complexity index is 130. The van der Waals surface area contributed by atoms with Crippen LogP contribution in [0.25, 0.3) is 0 Å². The van der Waals surface area contributed by atoms with E-state index in [-0.39, 0.29) is 5.84 Å². The second kappa shape index (κ2) is 3.59. The van der Waals surface area contributed by atoms with E-state index in [1.165, 1.54) is 0 Å². The SMILES string of the molecule is N=CC(C=N)C(N)=NN. The molecular formula is C4H9N5. The molecule has 0 aromatic rings. The summed E-state index contributed by atoms with van der Waals surface area (Å²) in [7, 11) is 0. The normalized spacial score (nSPS) is 14.4. The van der Waals surface area contributed by atoms with Crippen LogP contribution in [0.2, 0.25) is 0 Å². The molecule has 0 saturated carbocycles. The standard InChI is InChI=1S/C4H9N5/c5-1-3(2-6)4(7)9-8/h1-3,5-6H,8H2,(H2,7,9). The largest absolute Gasteiger partial charge is 0.385 e. The monoisotopic (exact) mass is 127 g/mol. The summed E-state index contributed by atoms with van der Waals surface area (Å²) in [5.41, 5.74) is 5.16. The number of rotatable bonds is 3. The summed E-state index contributed by atoms with van der Waals surface area (Å²) in [6.07, 6.45) is 2.00. The zero-order valence-electron chi connectivity index (χ0n) is 4.83. The minimum Gasteiger partial charge on any atom is -0.385 e. The highest BCUT2D eigenvalue weighted by molar-refractivity contribution is 6.07. The van der Waals surface area contributed by atoms with E-state index in [1.54, 1.807) is 0 Å². The fourth-order valence-electron chi connectivity index (χ4n) is 0.305. The van der Waals surface area contributed by atoms with Gasteiger partial charge in [0.15, 0.2) is 0 Å². The molecule has 0 rings (SSSR count). The molecule has 0 aliphatic heterocycles. The molecule has 6 N–H and O–H groups in total. The fourth-order valence-corrected chi connectivity index (χ4v) is 0.305. The third kappa shape index (κ3) is 1.89. The molecule has 0 saturated heterocycles. The van der Waals surface area contributed by atoms with Crippen LogP contribution in [-0.4, -0.2) is 18.3 Å². The van der Waals surface area contributed by atoms with Crippen molar-refractivity contribution in [3.63, 3.8) is 0 Å². The maximum atomic E-state index is 6.70. The van der Waals surface area contributed by atoms with Crippen molar-refractivity contribution in [1.29, 1.82) is 10.8 Å². The van der Waals surface area contributed by atoms with E-state index in [2.05, 4.69) is 5.10 Å². The zero-order chi connectivity index (χ0) is 7.28. The Morgan fingerprint density at radius 1 is 1.44 bits per heavy atom. The van der Waals surface area contributed by atoms with Crippen molar-refractivity contribution >= 4 is 18.3 Å². The Morgan fingerprint density at radius 2 is 1.89 bits per heavy atom. The Kier molecular flexibility index (Phi) is 3.04. The van der Waals surface area contributed by atoms with Gasteiger partial charge in [-0.05, 0) is 0 Å². The van der Waals surface area contributed by atoms with Gasteiger partial charge in [0, 0.05) is 12.4 Å². The van der Waals surface area contributed by atoms with Gasteiger partial charge in [0.2, 0.25) is 0 Å². The van der Waals surface area contributed by atoms with Crippen molar-refractivity contribution in [2.75, 3.05) is 0 Å². The lowest BCUT2D eigenvalue weighted by atomic mass is 10.2. The van der Waals surface area contributed by atoms with E-state index in [0.717, 1.165) is 12.4 Å². The van der Waals surface area contributed by atoms with E-state index in [4.69, 9.17) is 22.4 Å². The summed E-state index contributed by atoms with van der Waals surface area (Å²) >= 11 is 0. The highest BCUT2D eigenvalue weighted by Crippen LogP contribution is 1.83. The van der Waals surface area contributed by atoms with Crippen LogP contribution in [0, 0.1) is 16.7 Å². The first-order valence-corrected chi connectivity index (χ1v) is 2.30. The summed E-state index contributed by atoms with van der Waals surface area (Å²) in [5.74, 6) is 4.32. The molecule has 0 aromatic carbocycles. The van der Waals surface area contributed by atoms with Crippen molar-refractivity contribution in [3.8, 4) is 0 Å². The first kappa shape index (κ1) is 7.61. The van der Waals surface area contributed by atoms with E-state index in [0.29, 0.717) is 0 Å². The molecule has 0 spiro atoms. The minimum absolute atomic E-state index is 0.0833. The maximum Gasteiger partial charge on any atom is 0.133 e. The molecular weight excluding hydrogens is 118 g/mol. The van der Waals surface area contributed by atoms with Gasteiger partial charge in [0.1, 0.15) is 5.84 Å². The zero-order valence-corrected chi connectivity index (χ0v) is 4.83. The van der Waals surface area contributed by atoms with Gasteiger partial charge in [-0.2, -0.15) is 5.10 Å². The van der Waals surface area contributed by atoms with Crippen LogP contribution < -0.4 is 11.6 Å². The molecule has 0 radical (unpaired) electrons. The van der Waals surface area contributed by atoms with Gasteiger partial charge in [0.05, 0.1) is 5.92 Å². The van der Waals surface area contributed by atoms with E-state index in [9.17, 15) is 0 Å². The Morgan fingerprint density at radius 3 is 2.00 bits per heavy atom. The van der Waals surface area contributed by atoms with Crippen LogP contribution in [0.15, 0.2) is 5.10 Å². The third-order valence-electron chi connectivity index (χ3n) is 0.850. The Balaban J connectivity index is 4.11. The highest BCUT2D eigenvalue weighted by atomic mass is 15.2. The molecule has 0 amide bonds. The van der Waals surface area contributed by atoms with E-state index >= 15 is 0 Å².